The zero-order valence-electron chi connectivity index (χ0n) is 11.8. The summed E-state index contributed by atoms with van der Waals surface area (Å²) in [4.78, 5) is 25.7. The second kappa shape index (κ2) is 5.72. The van der Waals surface area contributed by atoms with Crippen LogP contribution in [0.25, 0.3) is 11.3 Å². The number of hydrogen-bond acceptors (Lipinski definition) is 4. The maximum absolute atomic E-state index is 12.2. The van der Waals surface area contributed by atoms with E-state index in [4.69, 9.17) is 4.42 Å². The lowest BCUT2D eigenvalue weighted by molar-refractivity contribution is 0.0938. The lowest BCUT2D eigenvalue weighted by atomic mass is 10.1. The van der Waals surface area contributed by atoms with Crippen LogP contribution in [-0.4, -0.2) is 21.1 Å². The lowest BCUT2D eigenvalue weighted by Gasteiger charge is -2.11. The highest BCUT2D eigenvalue weighted by Crippen LogP contribution is 2.20. The molecule has 0 aliphatic carbocycles. The molecule has 2 heterocycles. The minimum atomic E-state index is -0.406. The quantitative estimate of drug-likeness (QED) is 0.683. The highest BCUT2D eigenvalue weighted by Gasteiger charge is 2.14. The molecular formula is C15H14N4O3. The molecule has 2 aromatic heterocycles. The molecule has 0 aliphatic rings. The number of aromatic nitrogens is 3. The average molecular weight is 298 g/mol. The number of hydrogen-bond donors (Lipinski definition) is 3. The fraction of sp³-hybridized carbons (Fsp3) is 0.133. The van der Waals surface area contributed by atoms with Gasteiger partial charge in [-0.2, -0.15) is 5.10 Å². The van der Waals surface area contributed by atoms with E-state index in [1.54, 1.807) is 25.3 Å². The molecule has 0 aliphatic heterocycles. The van der Waals surface area contributed by atoms with Gasteiger partial charge in [-0.1, -0.05) is 12.1 Å². The number of rotatable bonds is 4. The topological polar surface area (TPSA) is 104 Å². The second-order valence-electron chi connectivity index (χ2n) is 4.81. The van der Waals surface area contributed by atoms with Gasteiger partial charge in [-0.05, 0) is 31.2 Å². The van der Waals surface area contributed by atoms with Crippen molar-refractivity contribution in [2.24, 2.45) is 0 Å². The van der Waals surface area contributed by atoms with E-state index in [-0.39, 0.29) is 5.91 Å². The number of amides is 1. The van der Waals surface area contributed by atoms with Crippen LogP contribution >= 0.6 is 0 Å². The Morgan fingerprint density at radius 1 is 1.27 bits per heavy atom. The maximum Gasteiger partial charge on any atom is 0.340 e. The highest BCUT2D eigenvalue weighted by atomic mass is 16.3. The van der Waals surface area contributed by atoms with Gasteiger partial charge >= 0.3 is 5.69 Å². The van der Waals surface area contributed by atoms with Gasteiger partial charge in [0, 0.05) is 11.1 Å². The van der Waals surface area contributed by atoms with Crippen molar-refractivity contribution in [3.63, 3.8) is 0 Å². The van der Waals surface area contributed by atoms with Crippen molar-refractivity contribution in [2.75, 3.05) is 0 Å². The molecule has 1 aromatic carbocycles. The van der Waals surface area contributed by atoms with E-state index >= 15 is 0 Å². The van der Waals surface area contributed by atoms with Crippen molar-refractivity contribution in [3.05, 3.63) is 64.5 Å². The van der Waals surface area contributed by atoms with Crippen LogP contribution in [0.2, 0.25) is 0 Å². The van der Waals surface area contributed by atoms with Crippen LogP contribution in [0, 0.1) is 0 Å². The summed E-state index contributed by atoms with van der Waals surface area (Å²) in [5, 5.41) is 8.82. The zero-order chi connectivity index (χ0) is 15.5. The highest BCUT2D eigenvalue weighted by molar-refractivity contribution is 5.94. The Morgan fingerprint density at radius 3 is 2.64 bits per heavy atom. The second-order valence-corrected chi connectivity index (χ2v) is 4.81. The van der Waals surface area contributed by atoms with Crippen LogP contribution in [0.4, 0.5) is 0 Å². The van der Waals surface area contributed by atoms with Crippen LogP contribution in [-0.2, 0) is 0 Å². The molecular weight excluding hydrogens is 284 g/mol. The SMILES string of the molecule is C[C@@H](NC(=O)c1ccc(-c2ccco2)cc1)c1n[nH]c(=O)[nH]1. The van der Waals surface area contributed by atoms with Crippen molar-refractivity contribution in [1.82, 2.24) is 20.5 Å². The average Bonchev–Trinajstić information content (AvgIpc) is 3.18. The summed E-state index contributed by atoms with van der Waals surface area (Å²) in [5.41, 5.74) is 1.00. The molecule has 0 bridgehead atoms. The van der Waals surface area contributed by atoms with Gasteiger partial charge in [0.15, 0.2) is 5.82 Å². The number of nitrogens with zero attached hydrogens (tertiary/aromatic N) is 1. The predicted molar refractivity (Wildman–Crippen MR) is 79.2 cm³/mol. The Kier molecular flexibility index (Phi) is 3.61. The Morgan fingerprint density at radius 2 is 2.05 bits per heavy atom. The Bertz CT molecular complexity index is 815. The molecule has 1 amide bonds. The largest absolute Gasteiger partial charge is 0.464 e. The van der Waals surface area contributed by atoms with Crippen LogP contribution < -0.4 is 11.0 Å². The monoisotopic (exact) mass is 298 g/mol. The lowest BCUT2D eigenvalue weighted by Crippen LogP contribution is -2.27. The number of H-pyrrole nitrogens is 2. The minimum Gasteiger partial charge on any atom is -0.464 e. The molecule has 0 saturated carbocycles. The summed E-state index contributed by atoms with van der Waals surface area (Å²) in [6.45, 7) is 1.74. The molecule has 0 fully saturated rings. The van der Waals surface area contributed by atoms with Gasteiger partial charge in [-0.15, -0.1) is 0 Å². The van der Waals surface area contributed by atoms with Gasteiger partial charge in [0.2, 0.25) is 0 Å². The van der Waals surface area contributed by atoms with Crippen molar-refractivity contribution in [1.29, 1.82) is 0 Å². The molecule has 0 spiro atoms. The summed E-state index contributed by atoms with van der Waals surface area (Å²) in [6, 6.07) is 10.3. The number of aromatic amines is 2. The first kappa shape index (κ1) is 13.9. The molecule has 7 nitrogen and oxygen atoms in total. The minimum absolute atomic E-state index is 0.248. The van der Waals surface area contributed by atoms with Gasteiger partial charge in [0.1, 0.15) is 5.76 Å². The van der Waals surface area contributed by atoms with E-state index < -0.39 is 11.7 Å². The molecule has 0 saturated heterocycles. The van der Waals surface area contributed by atoms with E-state index in [9.17, 15) is 9.59 Å². The van der Waals surface area contributed by atoms with Crippen molar-refractivity contribution >= 4 is 5.91 Å². The molecule has 112 valence electrons. The van der Waals surface area contributed by atoms with Crippen molar-refractivity contribution in [3.8, 4) is 11.3 Å². The number of nitrogens with one attached hydrogen (secondary N) is 3. The first-order valence-electron chi connectivity index (χ1n) is 6.73. The van der Waals surface area contributed by atoms with Crippen LogP contribution in [0.3, 0.4) is 0 Å². The Balaban J connectivity index is 1.71. The predicted octanol–water partition coefficient (Wildman–Crippen LogP) is 1.85. The van der Waals surface area contributed by atoms with Crippen LogP contribution in [0.15, 0.2) is 51.9 Å². The van der Waals surface area contributed by atoms with Gasteiger partial charge in [0.25, 0.3) is 5.91 Å². The first-order valence-corrected chi connectivity index (χ1v) is 6.73. The van der Waals surface area contributed by atoms with E-state index in [2.05, 4.69) is 20.5 Å². The Hall–Kier alpha value is -3.09. The van der Waals surface area contributed by atoms with Gasteiger partial charge < -0.3 is 9.73 Å². The van der Waals surface area contributed by atoms with Crippen molar-refractivity contribution < 1.29 is 9.21 Å². The van der Waals surface area contributed by atoms with E-state index in [1.807, 2.05) is 24.3 Å². The Labute approximate surface area is 125 Å². The molecule has 0 unspecified atom stereocenters. The summed E-state index contributed by atoms with van der Waals surface area (Å²) >= 11 is 0. The molecule has 0 radical (unpaired) electrons. The third-order valence-corrected chi connectivity index (χ3v) is 3.23. The summed E-state index contributed by atoms with van der Waals surface area (Å²) in [6.07, 6.45) is 1.60. The van der Waals surface area contributed by atoms with Gasteiger partial charge in [0.05, 0.1) is 12.3 Å². The molecule has 7 heteroatoms. The van der Waals surface area contributed by atoms with Crippen LogP contribution in [0.1, 0.15) is 29.1 Å². The fourth-order valence-corrected chi connectivity index (χ4v) is 2.07. The maximum atomic E-state index is 12.2. The molecule has 3 N–H and O–H groups in total. The third-order valence-electron chi connectivity index (χ3n) is 3.23. The summed E-state index contributed by atoms with van der Waals surface area (Å²) in [7, 11) is 0. The zero-order valence-corrected chi connectivity index (χ0v) is 11.8. The van der Waals surface area contributed by atoms with Crippen LogP contribution in [0.5, 0.6) is 0 Å². The third kappa shape index (κ3) is 2.83. The number of benzene rings is 1. The summed E-state index contributed by atoms with van der Waals surface area (Å²) in [5.74, 6) is 0.877. The fourth-order valence-electron chi connectivity index (χ4n) is 2.07. The normalized spacial score (nSPS) is 12.0. The standard InChI is InChI=1S/C15H14N4O3/c1-9(13-17-15(21)19-18-13)16-14(20)11-6-4-10(5-7-11)12-3-2-8-22-12/h2-9H,1H3,(H,16,20)(H2,17,18,19,21)/t9-/m1/s1. The van der Waals surface area contributed by atoms with E-state index in [0.717, 1.165) is 11.3 Å². The van der Waals surface area contributed by atoms with E-state index in [1.165, 1.54) is 0 Å². The van der Waals surface area contributed by atoms with E-state index in [0.29, 0.717) is 11.4 Å². The summed E-state index contributed by atoms with van der Waals surface area (Å²) < 4.78 is 5.30. The molecule has 1 atom stereocenters. The number of carbonyl (C=O) groups is 1. The number of carbonyl (C=O) groups excluding carboxylic acids is 1. The molecule has 3 aromatic rings. The molecule has 22 heavy (non-hydrogen) atoms. The smallest absolute Gasteiger partial charge is 0.340 e. The van der Waals surface area contributed by atoms with Gasteiger partial charge in [-0.3, -0.25) is 9.78 Å². The van der Waals surface area contributed by atoms with Gasteiger partial charge in [-0.25, -0.2) is 9.89 Å². The molecule has 3 rings (SSSR count). The first-order chi connectivity index (χ1) is 10.6. The van der Waals surface area contributed by atoms with Crippen molar-refractivity contribution in [2.45, 2.75) is 13.0 Å². The number of furan rings is 1.